The van der Waals surface area contributed by atoms with Crippen LogP contribution in [0.5, 0.6) is 11.5 Å². The van der Waals surface area contributed by atoms with E-state index >= 15 is 0 Å². The van der Waals surface area contributed by atoms with Crippen LogP contribution < -0.4 is 14.8 Å². The van der Waals surface area contributed by atoms with Gasteiger partial charge in [0, 0.05) is 24.7 Å². The first-order valence-corrected chi connectivity index (χ1v) is 10.4. The van der Waals surface area contributed by atoms with Crippen molar-refractivity contribution in [2.45, 2.75) is 13.0 Å². The molecule has 0 radical (unpaired) electrons. The second-order valence-corrected chi connectivity index (χ2v) is 7.24. The third-order valence-electron chi connectivity index (χ3n) is 4.95. The SMILES string of the molecule is C=CCN(Cc1cc(C(=O)NCCc2ccc(OC)cc2)no1)C(=O)c1cccc(OC)c1. The highest BCUT2D eigenvalue weighted by molar-refractivity contribution is 5.95. The molecule has 2 aromatic carbocycles. The highest BCUT2D eigenvalue weighted by atomic mass is 16.5. The first-order chi connectivity index (χ1) is 16.0. The molecule has 0 saturated carbocycles. The van der Waals surface area contributed by atoms with Crippen molar-refractivity contribution < 1.29 is 23.6 Å². The predicted octanol–water partition coefficient (Wildman–Crippen LogP) is 3.49. The molecular weight excluding hydrogens is 422 g/mol. The molecule has 1 N–H and O–H groups in total. The van der Waals surface area contributed by atoms with Crippen LogP contribution in [0.25, 0.3) is 0 Å². The van der Waals surface area contributed by atoms with Crippen molar-refractivity contribution in [3.8, 4) is 11.5 Å². The summed E-state index contributed by atoms with van der Waals surface area (Å²) >= 11 is 0. The van der Waals surface area contributed by atoms with E-state index in [1.165, 1.54) is 6.07 Å². The summed E-state index contributed by atoms with van der Waals surface area (Å²) in [7, 11) is 3.16. The van der Waals surface area contributed by atoms with Crippen LogP contribution in [0.15, 0.2) is 71.8 Å². The minimum absolute atomic E-state index is 0.147. The molecule has 0 bridgehead atoms. The van der Waals surface area contributed by atoms with E-state index in [9.17, 15) is 9.59 Å². The average Bonchev–Trinajstić information content (AvgIpc) is 3.32. The number of benzene rings is 2. The van der Waals surface area contributed by atoms with Crippen LogP contribution >= 0.6 is 0 Å². The van der Waals surface area contributed by atoms with Crippen LogP contribution in [0.1, 0.15) is 32.2 Å². The summed E-state index contributed by atoms with van der Waals surface area (Å²) in [5, 5.41) is 6.68. The summed E-state index contributed by atoms with van der Waals surface area (Å²) in [6.07, 6.45) is 2.30. The van der Waals surface area contributed by atoms with Gasteiger partial charge in [-0.2, -0.15) is 0 Å². The van der Waals surface area contributed by atoms with Crippen molar-refractivity contribution in [1.29, 1.82) is 0 Å². The van der Waals surface area contributed by atoms with Crippen LogP contribution in [-0.4, -0.2) is 49.2 Å². The van der Waals surface area contributed by atoms with Gasteiger partial charge in [0.15, 0.2) is 11.5 Å². The van der Waals surface area contributed by atoms with Crippen LogP contribution in [0.2, 0.25) is 0 Å². The van der Waals surface area contributed by atoms with Gasteiger partial charge >= 0.3 is 0 Å². The fourth-order valence-electron chi connectivity index (χ4n) is 3.20. The number of ether oxygens (including phenoxy) is 2. The number of methoxy groups -OCH3 is 2. The van der Waals surface area contributed by atoms with Gasteiger partial charge in [-0.25, -0.2) is 0 Å². The Morgan fingerprint density at radius 3 is 2.55 bits per heavy atom. The van der Waals surface area contributed by atoms with Crippen molar-refractivity contribution in [2.75, 3.05) is 27.3 Å². The lowest BCUT2D eigenvalue weighted by Gasteiger charge is -2.19. The van der Waals surface area contributed by atoms with Crippen molar-refractivity contribution in [3.05, 3.63) is 89.8 Å². The number of hydrogen-bond donors (Lipinski definition) is 1. The lowest BCUT2D eigenvalue weighted by Crippen LogP contribution is -2.30. The van der Waals surface area contributed by atoms with Gasteiger partial charge in [-0.1, -0.05) is 29.4 Å². The zero-order valence-corrected chi connectivity index (χ0v) is 18.7. The molecule has 172 valence electrons. The van der Waals surface area contributed by atoms with Crippen LogP contribution in [0.3, 0.4) is 0 Å². The van der Waals surface area contributed by atoms with Gasteiger partial charge in [0.25, 0.3) is 11.8 Å². The molecule has 33 heavy (non-hydrogen) atoms. The van der Waals surface area contributed by atoms with Crippen LogP contribution in [-0.2, 0) is 13.0 Å². The molecule has 0 aliphatic heterocycles. The molecular formula is C25H27N3O5. The number of nitrogens with one attached hydrogen (secondary N) is 1. The minimum Gasteiger partial charge on any atom is -0.497 e. The standard InChI is InChI=1S/C25H27N3O5/c1-4-14-28(25(30)19-6-5-7-21(15-19)32-3)17-22-16-23(27-33-22)24(29)26-13-12-18-8-10-20(31-2)11-9-18/h4-11,15-16H,1,12-14,17H2,2-3H3,(H,26,29). The number of aromatic nitrogens is 1. The Morgan fingerprint density at radius 1 is 1.09 bits per heavy atom. The molecule has 3 aromatic rings. The number of hydrogen-bond acceptors (Lipinski definition) is 6. The third kappa shape index (κ3) is 6.46. The molecule has 0 saturated heterocycles. The normalized spacial score (nSPS) is 10.4. The summed E-state index contributed by atoms with van der Waals surface area (Å²) in [5.74, 6) is 1.22. The van der Waals surface area contributed by atoms with E-state index in [1.54, 1.807) is 49.5 Å². The molecule has 2 amide bonds. The van der Waals surface area contributed by atoms with E-state index in [1.807, 2.05) is 24.3 Å². The smallest absolute Gasteiger partial charge is 0.273 e. The van der Waals surface area contributed by atoms with Crippen molar-refractivity contribution >= 4 is 11.8 Å². The highest BCUT2D eigenvalue weighted by Gasteiger charge is 2.19. The first-order valence-electron chi connectivity index (χ1n) is 10.4. The zero-order valence-electron chi connectivity index (χ0n) is 18.7. The van der Waals surface area contributed by atoms with Crippen molar-refractivity contribution in [2.24, 2.45) is 0 Å². The number of nitrogens with zero attached hydrogens (tertiary/aromatic N) is 2. The van der Waals surface area contributed by atoms with Gasteiger partial charge in [0.05, 0.1) is 20.8 Å². The predicted molar refractivity (Wildman–Crippen MR) is 123 cm³/mol. The van der Waals surface area contributed by atoms with Gasteiger partial charge in [0.1, 0.15) is 11.5 Å². The fraction of sp³-hybridized carbons (Fsp3) is 0.240. The number of rotatable bonds is 11. The van der Waals surface area contributed by atoms with E-state index < -0.39 is 0 Å². The number of carbonyl (C=O) groups is 2. The molecule has 8 heteroatoms. The summed E-state index contributed by atoms with van der Waals surface area (Å²) in [6.45, 7) is 4.62. The lowest BCUT2D eigenvalue weighted by molar-refractivity contribution is 0.0747. The van der Waals surface area contributed by atoms with Crippen molar-refractivity contribution in [1.82, 2.24) is 15.4 Å². The van der Waals surface area contributed by atoms with Gasteiger partial charge < -0.3 is 24.2 Å². The van der Waals surface area contributed by atoms with Crippen LogP contribution in [0, 0.1) is 0 Å². The van der Waals surface area contributed by atoms with E-state index in [2.05, 4.69) is 17.1 Å². The molecule has 1 heterocycles. The third-order valence-corrected chi connectivity index (χ3v) is 4.95. The number of amides is 2. The molecule has 0 aliphatic rings. The molecule has 0 spiro atoms. The quantitative estimate of drug-likeness (QED) is 0.451. The van der Waals surface area contributed by atoms with E-state index in [0.717, 1.165) is 11.3 Å². The Kier molecular flexibility index (Phi) is 8.24. The molecule has 1 aromatic heterocycles. The lowest BCUT2D eigenvalue weighted by atomic mass is 10.1. The van der Waals surface area contributed by atoms with E-state index in [0.29, 0.717) is 36.6 Å². The van der Waals surface area contributed by atoms with E-state index in [-0.39, 0.29) is 24.1 Å². The Labute approximate surface area is 192 Å². The van der Waals surface area contributed by atoms with E-state index in [4.69, 9.17) is 14.0 Å². The Morgan fingerprint density at radius 2 is 1.85 bits per heavy atom. The largest absolute Gasteiger partial charge is 0.497 e. The second kappa shape index (κ2) is 11.5. The molecule has 0 atom stereocenters. The van der Waals surface area contributed by atoms with Gasteiger partial charge in [-0.05, 0) is 42.3 Å². The Bertz CT molecular complexity index is 1090. The van der Waals surface area contributed by atoms with Crippen molar-refractivity contribution in [3.63, 3.8) is 0 Å². The van der Waals surface area contributed by atoms with Gasteiger partial charge in [-0.3, -0.25) is 9.59 Å². The number of carbonyl (C=O) groups excluding carboxylic acids is 2. The van der Waals surface area contributed by atoms with Gasteiger partial charge in [-0.15, -0.1) is 6.58 Å². The molecule has 3 rings (SSSR count). The summed E-state index contributed by atoms with van der Waals surface area (Å²) < 4.78 is 15.6. The second-order valence-electron chi connectivity index (χ2n) is 7.24. The highest BCUT2D eigenvalue weighted by Crippen LogP contribution is 2.17. The Balaban J connectivity index is 1.58. The molecule has 0 unspecified atom stereocenters. The fourth-order valence-corrected chi connectivity index (χ4v) is 3.20. The van der Waals surface area contributed by atoms with Crippen LogP contribution in [0.4, 0.5) is 0 Å². The summed E-state index contributed by atoms with van der Waals surface area (Å²) in [5.41, 5.74) is 1.72. The first kappa shape index (κ1) is 23.6. The average molecular weight is 450 g/mol. The molecule has 0 fully saturated rings. The maximum atomic E-state index is 12.9. The maximum absolute atomic E-state index is 12.9. The maximum Gasteiger partial charge on any atom is 0.273 e. The Hall–Kier alpha value is -4.07. The summed E-state index contributed by atoms with van der Waals surface area (Å²) in [4.78, 5) is 26.9. The topological polar surface area (TPSA) is 93.9 Å². The zero-order chi connectivity index (χ0) is 23.6. The molecule has 0 aliphatic carbocycles. The minimum atomic E-state index is -0.340. The monoisotopic (exact) mass is 449 g/mol. The molecule has 8 nitrogen and oxygen atoms in total. The van der Waals surface area contributed by atoms with Gasteiger partial charge in [0.2, 0.25) is 0 Å². The summed E-state index contributed by atoms with van der Waals surface area (Å²) in [6, 6.07) is 16.1.